The second-order valence-electron chi connectivity index (χ2n) is 6.97. The van der Waals surface area contributed by atoms with Gasteiger partial charge in [0.05, 0.1) is 18.7 Å². The Balaban J connectivity index is 1.77. The lowest BCUT2D eigenvalue weighted by Gasteiger charge is -2.25. The number of H-pyrrole nitrogens is 1. The number of ketones is 1. The van der Waals surface area contributed by atoms with Crippen LogP contribution in [0.1, 0.15) is 27.7 Å². The Kier molecular flexibility index (Phi) is 5.80. The van der Waals surface area contributed by atoms with Gasteiger partial charge in [0.25, 0.3) is 11.7 Å². The van der Waals surface area contributed by atoms with Crippen LogP contribution in [0, 0.1) is 6.92 Å². The molecule has 1 aromatic heterocycles. The van der Waals surface area contributed by atoms with Crippen LogP contribution in [-0.2, 0) is 4.79 Å². The number of amides is 1. The maximum atomic E-state index is 12.8. The van der Waals surface area contributed by atoms with Gasteiger partial charge in [-0.15, -0.1) is 0 Å². The molecule has 6 heteroatoms. The molecule has 1 atom stereocenters. The summed E-state index contributed by atoms with van der Waals surface area (Å²) in [6, 6.07) is 15.1. The van der Waals surface area contributed by atoms with Gasteiger partial charge < -0.3 is 19.9 Å². The molecule has 0 unspecified atom stereocenters. The topological polar surface area (TPSA) is 74.4 Å². The van der Waals surface area contributed by atoms with Crippen LogP contribution in [-0.4, -0.2) is 49.3 Å². The van der Waals surface area contributed by atoms with Crippen LogP contribution in [0.4, 0.5) is 0 Å². The number of aromatic amines is 1. The maximum absolute atomic E-state index is 12.8. The number of likely N-dealkylation sites (N-methyl/N-ethyl adjacent to an activating group) is 1. The van der Waals surface area contributed by atoms with Crippen molar-refractivity contribution >= 4 is 22.6 Å². The summed E-state index contributed by atoms with van der Waals surface area (Å²) in [4.78, 5) is 30.6. The highest BCUT2D eigenvalue weighted by molar-refractivity contribution is 6.45. The van der Waals surface area contributed by atoms with Crippen LogP contribution in [0.25, 0.3) is 10.9 Å². The SMILES string of the molecule is COc1cccc([C@@H](CNC(=O)C(=O)c2c(C)[nH]c3ccccc23)N(C)C)c1. The molecule has 28 heavy (non-hydrogen) atoms. The minimum Gasteiger partial charge on any atom is -0.497 e. The van der Waals surface area contributed by atoms with Gasteiger partial charge in [-0.25, -0.2) is 0 Å². The molecule has 146 valence electrons. The summed E-state index contributed by atoms with van der Waals surface area (Å²) in [5.74, 6) is -0.387. The van der Waals surface area contributed by atoms with Gasteiger partial charge in [-0.2, -0.15) is 0 Å². The first-order valence-electron chi connectivity index (χ1n) is 9.12. The lowest BCUT2D eigenvalue weighted by molar-refractivity contribution is -0.117. The molecular formula is C22H25N3O3. The van der Waals surface area contributed by atoms with E-state index in [1.54, 1.807) is 14.0 Å². The van der Waals surface area contributed by atoms with Crippen molar-refractivity contribution in [2.75, 3.05) is 27.7 Å². The zero-order chi connectivity index (χ0) is 20.3. The molecule has 0 bridgehead atoms. The fraction of sp³-hybridized carbons (Fsp3) is 0.273. The second-order valence-corrected chi connectivity index (χ2v) is 6.97. The van der Waals surface area contributed by atoms with Crippen LogP contribution in [0.15, 0.2) is 48.5 Å². The molecule has 3 rings (SSSR count). The molecule has 0 aliphatic carbocycles. The fourth-order valence-electron chi connectivity index (χ4n) is 3.40. The normalized spacial score (nSPS) is 12.2. The lowest BCUT2D eigenvalue weighted by atomic mass is 10.0. The van der Waals surface area contributed by atoms with E-state index in [0.29, 0.717) is 17.8 Å². The van der Waals surface area contributed by atoms with Gasteiger partial charge in [-0.05, 0) is 44.8 Å². The number of carbonyl (C=O) groups excluding carboxylic acids is 2. The number of Topliss-reactive ketones (excluding diaryl/α,β-unsaturated/α-hetero) is 1. The predicted molar refractivity (Wildman–Crippen MR) is 110 cm³/mol. The number of aromatic nitrogens is 1. The van der Waals surface area contributed by atoms with Crippen molar-refractivity contribution in [2.24, 2.45) is 0 Å². The van der Waals surface area contributed by atoms with Crippen molar-refractivity contribution in [3.63, 3.8) is 0 Å². The average molecular weight is 379 g/mol. The number of rotatable bonds is 7. The maximum Gasteiger partial charge on any atom is 0.292 e. The number of aryl methyl sites for hydroxylation is 1. The van der Waals surface area contributed by atoms with Crippen molar-refractivity contribution in [3.8, 4) is 5.75 Å². The Morgan fingerprint density at radius 3 is 2.61 bits per heavy atom. The van der Waals surface area contributed by atoms with Gasteiger partial charge in [-0.3, -0.25) is 9.59 Å². The lowest BCUT2D eigenvalue weighted by Crippen LogP contribution is -2.38. The molecule has 1 heterocycles. The van der Waals surface area contributed by atoms with E-state index in [0.717, 1.165) is 22.2 Å². The Morgan fingerprint density at radius 2 is 1.89 bits per heavy atom. The summed E-state index contributed by atoms with van der Waals surface area (Å²) in [7, 11) is 5.48. The molecule has 1 amide bonds. The van der Waals surface area contributed by atoms with Gasteiger partial charge in [0.15, 0.2) is 0 Å². The highest BCUT2D eigenvalue weighted by Gasteiger charge is 2.24. The molecule has 3 aromatic rings. The van der Waals surface area contributed by atoms with E-state index in [1.807, 2.05) is 67.5 Å². The summed E-state index contributed by atoms with van der Waals surface area (Å²) < 4.78 is 5.29. The highest BCUT2D eigenvalue weighted by Crippen LogP contribution is 2.24. The number of carbonyl (C=O) groups is 2. The van der Waals surface area contributed by atoms with Gasteiger partial charge in [-0.1, -0.05) is 30.3 Å². The molecule has 0 aliphatic rings. The Bertz CT molecular complexity index is 1010. The molecule has 0 saturated heterocycles. The number of nitrogens with one attached hydrogen (secondary N) is 2. The Labute approximate surface area is 164 Å². The number of hydrogen-bond donors (Lipinski definition) is 2. The number of methoxy groups -OCH3 is 1. The number of fused-ring (bicyclic) bond motifs is 1. The first-order chi connectivity index (χ1) is 13.4. The third kappa shape index (κ3) is 3.92. The molecule has 0 aliphatic heterocycles. The van der Waals surface area contributed by atoms with Crippen molar-refractivity contribution in [1.82, 2.24) is 15.2 Å². The van der Waals surface area contributed by atoms with E-state index < -0.39 is 11.7 Å². The summed E-state index contributed by atoms with van der Waals surface area (Å²) in [5.41, 5.74) is 2.97. The average Bonchev–Trinajstić information content (AvgIpc) is 3.03. The van der Waals surface area contributed by atoms with E-state index in [-0.39, 0.29) is 6.04 Å². The monoisotopic (exact) mass is 379 g/mol. The number of para-hydroxylation sites is 1. The fourth-order valence-corrected chi connectivity index (χ4v) is 3.40. The van der Waals surface area contributed by atoms with Crippen molar-refractivity contribution in [3.05, 3.63) is 65.4 Å². The van der Waals surface area contributed by atoms with E-state index in [4.69, 9.17) is 4.74 Å². The molecule has 0 fully saturated rings. The first-order valence-corrected chi connectivity index (χ1v) is 9.12. The van der Waals surface area contributed by atoms with Gasteiger partial charge in [0, 0.05) is 23.1 Å². The zero-order valence-electron chi connectivity index (χ0n) is 16.6. The standard InChI is InChI=1S/C22H25N3O3/c1-14-20(17-10-5-6-11-18(17)24-14)21(26)22(27)23-13-19(25(2)3)15-8-7-9-16(12-15)28-4/h5-12,19,24H,13H2,1-4H3,(H,23,27)/t19-/m1/s1. The van der Waals surface area contributed by atoms with Crippen molar-refractivity contribution < 1.29 is 14.3 Å². The Hall–Kier alpha value is -3.12. The third-order valence-corrected chi connectivity index (χ3v) is 4.88. The van der Waals surface area contributed by atoms with Gasteiger partial charge >= 0.3 is 0 Å². The minimum atomic E-state index is -0.609. The molecule has 0 spiro atoms. The molecule has 0 saturated carbocycles. The number of ether oxygens (including phenoxy) is 1. The molecule has 6 nitrogen and oxygen atoms in total. The van der Waals surface area contributed by atoms with Crippen LogP contribution in [0.2, 0.25) is 0 Å². The quantitative estimate of drug-likeness (QED) is 0.489. The van der Waals surface area contributed by atoms with Crippen molar-refractivity contribution in [1.29, 1.82) is 0 Å². The van der Waals surface area contributed by atoms with E-state index in [2.05, 4.69) is 10.3 Å². The number of hydrogen-bond acceptors (Lipinski definition) is 4. The minimum absolute atomic E-state index is 0.0871. The van der Waals surface area contributed by atoms with E-state index >= 15 is 0 Å². The summed E-state index contributed by atoms with van der Waals surface area (Å²) in [6.07, 6.45) is 0. The smallest absolute Gasteiger partial charge is 0.292 e. The zero-order valence-corrected chi connectivity index (χ0v) is 16.6. The third-order valence-electron chi connectivity index (χ3n) is 4.88. The largest absolute Gasteiger partial charge is 0.497 e. The highest BCUT2D eigenvalue weighted by atomic mass is 16.5. The summed E-state index contributed by atoms with van der Waals surface area (Å²) in [6.45, 7) is 2.12. The van der Waals surface area contributed by atoms with Crippen molar-refractivity contribution in [2.45, 2.75) is 13.0 Å². The van der Waals surface area contributed by atoms with Gasteiger partial charge in [0.1, 0.15) is 5.75 Å². The van der Waals surface area contributed by atoms with Crippen LogP contribution >= 0.6 is 0 Å². The first kappa shape index (κ1) is 19.6. The molecule has 2 N–H and O–H groups in total. The Morgan fingerprint density at radius 1 is 1.14 bits per heavy atom. The van der Waals surface area contributed by atoms with Crippen LogP contribution in [0.3, 0.4) is 0 Å². The molecule has 0 radical (unpaired) electrons. The summed E-state index contributed by atoms with van der Waals surface area (Å²) >= 11 is 0. The molecular weight excluding hydrogens is 354 g/mol. The summed E-state index contributed by atoms with van der Waals surface area (Å²) in [5, 5.41) is 3.56. The van der Waals surface area contributed by atoms with Crippen LogP contribution in [0.5, 0.6) is 5.75 Å². The number of benzene rings is 2. The predicted octanol–water partition coefficient (Wildman–Crippen LogP) is 3.09. The van der Waals surface area contributed by atoms with E-state index in [1.165, 1.54) is 0 Å². The van der Waals surface area contributed by atoms with E-state index in [9.17, 15) is 9.59 Å². The van der Waals surface area contributed by atoms with Crippen LogP contribution < -0.4 is 10.1 Å². The molecule has 2 aromatic carbocycles. The second kappa shape index (κ2) is 8.27. The number of nitrogens with zero attached hydrogens (tertiary/aromatic N) is 1. The van der Waals surface area contributed by atoms with Gasteiger partial charge in [0.2, 0.25) is 0 Å².